The zero-order valence-corrected chi connectivity index (χ0v) is 68.6. The van der Waals surface area contributed by atoms with Gasteiger partial charge in [-0.05, 0) is 166 Å². The molecule has 0 unspecified atom stereocenters. The smallest absolute Gasteiger partial charge is 1.00 e. The molecule has 5 N–H and O–H groups in total. The first kappa shape index (κ1) is 88.8. The fourth-order valence-corrected chi connectivity index (χ4v) is 6.55. The quantitative estimate of drug-likeness (QED) is 0.0128. The second-order valence-electron chi connectivity index (χ2n) is 21.2. The maximum atomic E-state index is 12.5. The molecular formula is C60H82Cl3Cs2FN6O19. The van der Waals surface area contributed by atoms with Crippen LogP contribution in [0.25, 0.3) is 0 Å². The molecule has 31 heteroatoms. The molecule has 4 rings (SSSR count). The number of halogens is 4. The van der Waals surface area contributed by atoms with Crippen molar-refractivity contribution in [1.82, 2.24) is 31.1 Å². The third-order valence-corrected chi connectivity index (χ3v) is 11.3. The van der Waals surface area contributed by atoms with E-state index in [4.69, 9.17) is 79.8 Å². The Balaban J connectivity index is -0.000000648. The second kappa shape index (κ2) is 48.5. The van der Waals surface area contributed by atoms with E-state index < -0.39 is 72.7 Å². The molecule has 0 fully saturated rings. The van der Waals surface area contributed by atoms with Crippen LogP contribution in [-0.2, 0) is 55.8 Å². The Hall–Kier alpha value is -4.23. The molecule has 0 radical (unpaired) electrons. The van der Waals surface area contributed by atoms with Crippen LogP contribution in [0.3, 0.4) is 0 Å². The van der Waals surface area contributed by atoms with Crippen LogP contribution in [0.4, 0.5) is 23.6 Å². The van der Waals surface area contributed by atoms with E-state index in [1.807, 2.05) is 24.3 Å². The number of aliphatic carboxylic acids is 1. The van der Waals surface area contributed by atoms with Crippen molar-refractivity contribution in [3.63, 3.8) is 0 Å². The summed E-state index contributed by atoms with van der Waals surface area (Å²) < 4.78 is 51.5. The third kappa shape index (κ3) is 43.4. The van der Waals surface area contributed by atoms with Crippen molar-refractivity contribution in [1.29, 1.82) is 0 Å². The first-order valence-electron chi connectivity index (χ1n) is 27.6. The standard InChI is InChI=1S/C29H38ClN3O8.C19H20ClNO4.C10H19ClN2O4.CH3F.CH2O3.2Cs.H/c1-28(2,3)41-26(36)32-17-18-33(6)27(37)39-19-38-25(35)29(4,5)40-23-13-7-20(8-14-23)15-16-31-24(34)21-9-11-22(30)12-10-21;1-19(2,18(23)24)25-16-9-3-13(4-10-16)11-12-21-17(22)14-5-7-15(20)8-6-14;1-10(2,3)17-8(14)12-5-6-13(4)9(15)16-7-11;1-2;2-1-4-3;;;/h7-14H,15-19H2,1-6H3,(H,31,34)(H,32,36);3-10H,11-12H2,1-2H3,(H,21,22)(H,23,24);5-7H2,1-4H3,(H,12,14);1H3;1,3H;;;/q;;;;;2*+1;-1/p-1/i;;;1D;;;;. The summed E-state index contributed by atoms with van der Waals surface area (Å²) in [5.74, 6) is -1.17. The summed E-state index contributed by atoms with van der Waals surface area (Å²) in [5, 5.41) is 29.4. The number of amides is 6. The van der Waals surface area contributed by atoms with Gasteiger partial charge in [0.05, 0.1) is 8.52 Å². The molecule has 0 heterocycles. The number of carbonyl (C=O) groups is 9. The van der Waals surface area contributed by atoms with Crippen molar-refractivity contribution in [2.24, 2.45) is 0 Å². The number of hydrogen-bond donors (Lipinski definition) is 5. The summed E-state index contributed by atoms with van der Waals surface area (Å²) in [4.78, 5) is 108. The molecule has 0 atom stereocenters. The second-order valence-corrected chi connectivity index (χ2v) is 22.3. The number of ether oxygens (including phenoxy) is 7. The molecule has 4 aromatic carbocycles. The van der Waals surface area contributed by atoms with Crippen LogP contribution in [0.15, 0.2) is 97.1 Å². The van der Waals surface area contributed by atoms with Gasteiger partial charge in [-0.25, -0.2) is 28.8 Å². The maximum Gasteiger partial charge on any atom is 1.00 e. The monoisotopic (exact) mass is 1580 g/mol. The van der Waals surface area contributed by atoms with Crippen molar-refractivity contribution in [3.05, 3.63) is 129 Å². The molecule has 6 amide bonds. The molecule has 0 aliphatic rings. The van der Waals surface area contributed by atoms with Gasteiger partial charge in [0.2, 0.25) is 6.79 Å². The number of esters is 1. The van der Waals surface area contributed by atoms with E-state index in [1.165, 1.54) is 44.5 Å². The van der Waals surface area contributed by atoms with Crippen LogP contribution in [0.2, 0.25) is 10.0 Å². The van der Waals surface area contributed by atoms with Crippen LogP contribution in [0.5, 0.6) is 11.5 Å². The maximum absolute atomic E-state index is 12.5. The average molecular weight is 1580 g/mol. The van der Waals surface area contributed by atoms with Crippen molar-refractivity contribution in [2.45, 2.75) is 104 Å². The van der Waals surface area contributed by atoms with Crippen molar-refractivity contribution in [2.75, 3.05) is 73.4 Å². The molecule has 0 saturated heterocycles. The summed E-state index contributed by atoms with van der Waals surface area (Å²) in [6.45, 7) is 17.7. The summed E-state index contributed by atoms with van der Waals surface area (Å²) in [6, 6.07) is 27.4. The van der Waals surface area contributed by atoms with E-state index in [-0.39, 0.29) is 183 Å². The van der Waals surface area contributed by atoms with E-state index in [9.17, 15) is 42.7 Å². The number of rotatable bonds is 24. The number of carboxylic acid groups (broad SMARTS) is 1. The zero-order valence-electron chi connectivity index (χ0n) is 55.8. The molecule has 25 nitrogen and oxygen atoms in total. The van der Waals surface area contributed by atoms with Gasteiger partial charge >= 0.3 is 174 Å². The number of carbonyl (C=O) groups excluding carboxylic acids is 8. The molecule has 0 bridgehead atoms. The fraction of sp³-hybridized carbons (Fsp3) is 0.450. The van der Waals surface area contributed by atoms with Gasteiger partial charge in [-0.3, -0.25) is 18.8 Å². The molecule has 0 aromatic heterocycles. The Morgan fingerprint density at radius 2 is 0.923 bits per heavy atom. The number of benzene rings is 4. The summed E-state index contributed by atoms with van der Waals surface area (Å²) in [5.41, 5.74) is -0.737. The number of carboxylic acids is 1. The number of alkyl halides is 2. The van der Waals surface area contributed by atoms with Crippen molar-refractivity contribution in [3.8, 4) is 11.5 Å². The van der Waals surface area contributed by atoms with Gasteiger partial charge in [-0.15, -0.1) is 0 Å². The van der Waals surface area contributed by atoms with E-state index >= 15 is 0 Å². The molecule has 4 aromatic rings. The first-order chi connectivity index (χ1) is 42.0. The van der Waals surface area contributed by atoms with E-state index in [1.54, 1.807) is 121 Å². The minimum Gasteiger partial charge on any atom is -1.00 e. The summed E-state index contributed by atoms with van der Waals surface area (Å²) in [6.07, 6.45) is -1.13. The first-order valence-corrected chi connectivity index (χ1v) is 28.2. The van der Waals surface area contributed by atoms with E-state index in [2.05, 4.69) is 30.9 Å². The van der Waals surface area contributed by atoms with Gasteiger partial charge in [0.25, 0.3) is 18.3 Å². The largest absolute Gasteiger partial charge is 1.00 e. The number of nitrogens with zero attached hydrogens (tertiary/aromatic N) is 2. The van der Waals surface area contributed by atoms with Crippen LogP contribution in [0.1, 0.15) is 104 Å². The Morgan fingerprint density at radius 1 is 0.582 bits per heavy atom. The third-order valence-electron chi connectivity index (χ3n) is 10.7. The van der Waals surface area contributed by atoms with Gasteiger partial charge in [-0.1, -0.05) is 59.1 Å². The van der Waals surface area contributed by atoms with Gasteiger partial charge < -0.3 is 80.9 Å². The number of nitrogens with one attached hydrogen (secondary N) is 4. The molecular weight excluding hydrogens is 1500 g/mol. The topological polar surface area (TPSA) is 325 Å². The minimum atomic E-state index is -1.36. The van der Waals surface area contributed by atoms with Crippen LogP contribution in [-0.4, -0.2) is 165 Å². The predicted molar refractivity (Wildman–Crippen MR) is 329 cm³/mol. The van der Waals surface area contributed by atoms with Crippen molar-refractivity contribution < 1.29 is 237 Å². The number of hydrogen-bond acceptors (Lipinski definition) is 18. The predicted octanol–water partition coefficient (Wildman–Crippen LogP) is 3.03. The Labute approximate surface area is 666 Å². The minimum absolute atomic E-state index is 0. The Kier molecular flexibility index (Phi) is 47.3. The van der Waals surface area contributed by atoms with Gasteiger partial charge in [-0.2, -0.15) is 0 Å². The van der Waals surface area contributed by atoms with Gasteiger partial charge in [0, 0.05) is 74.5 Å². The van der Waals surface area contributed by atoms with Gasteiger partial charge in [0.15, 0.2) is 17.3 Å². The molecule has 0 spiro atoms. The molecule has 496 valence electrons. The molecule has 0 aliphatic carbocycles. The zero-order chi connectivity index (χ0) is 68.7. The SMILES string of the molecule is CC(C)(Oc1ccc(CCNC(=O)c2ccc(Cl)cc2)cc1)C(=O)O.CN(CCNC(=O)OC(C)(C)C)C(=O)OCCl.CN(CCNC(=O)OC(C)(C)C)C(=O)OCOC(=O)C(C)(C)Oc1ccc(CCNC(=O)c2ccc(Cl)cc2)cc1.O=CO[O-].[2H]CF.[Cs+].[Cs+].[H-]. The van der Waals surface area contributed by atoms with E-state index in [0.29, 0.717) is 65.1 Å². The Morgan fingerprint density at radius 3 is 1.24 bits per heavy atom. The van der Waals surface area contributed by atoms with Gasteiger partial charge in [0.1, 0.15) is 22.7 Å². The normalized spacial score (nSPS) is 10.5. The van der Waals surface area contributed by atoms with E-state index in [0.717, 1.165) is 11.1 Å². The number of alkyl carbamates (subject to hydrolysis) is 2. The molecule has 0 saturated carbocycles. The van der Waals surface area contributed by atoms with Crippen LogP contribution >= 0.6 is 34.8 Å². The van der Waals surface area contributed by atoms with Crippen molar-refractivity contribution >= 4 is 89.4 Å². The Bertz CT molecular complexity index is 2850. The van der Waals surface area contributed by atoms with Crippen LogP contribution < -0.4 is 174 Å². The number of likely N-dealkylation sites (N-methyl/N-ethyl adjacent to an activating group) is 2. The summed E-state index contributed by atoms with van der Waals surface area (Å²) in [7, 11) is 2.02. The molecule has 91 heavy (non-hydrogen) atoms. The fourth-order valence-electron chi connectivity index (χ4n) is 6.21. The molecule has 0 aliphatic heterocycles. The summed E-state index contributed by atoms with van der Waals surface area (Å²) >= 11 is 16.9. The average Bonchev–Trinajstić information content (AvgIpc) is 2.29. The van der Waals surface area contributed by atoms with Crippen LogP contribution in [0, 0.1) is 0 Å².